The van der Waals surface area contributed by atoms with E-state index in [0.717, 1.165) is 25.7 Å². The predicted octanol–water partition coefficient (Wildman–Crippen LogP) is 2.97. The number of hydrogen-bond acceptors (Lipinski definition) is 4. The van der Waals surface area contributed by atoms with Crippen molar-refractivity contribution in [3.8, 4) is 11.1 Å². The lowest BCUT2D eigenvalue weighted by molar-refractivity contribution is 0.0697. The Hall–Kier alpha value is -2.87. The van der Waals surface area contributed by atoms with Crippen LogP contribution in [0.5, 0.6) is 0 Å². The van der Waals surface area contributed by atoms with Gasteiger partial charge in [0, 0.05) is 24.0 Å². The maximum atomic E-state index is 12.6. The van der Waals surface area contributed by atoms with Crippen LogP contribution in [0.3, 0.4) is 0 Å². The highest BCUT2D eigenvalue weighted by atomic mass is 32.1. The summed E-state index contributed by atoms with van der Waals surface area (Å²) in [6, 6.07) is 1.81. The van der Waals surface area contributed by atoms with E-state index in [1.54, 1.807) is 11.4 Å². The molecular formula is C18H17N3O4S. The summed E-state index contributed by atoms with van der Waals surface area (Å²) < 4.78 is 1.93. The van der Waals surface area contributed by atoms with Gasteiger partial charge in [0.1, 0.15) is 5.56 Å². The Bertz CT molecular complexity index is 1090. The molecule has 3 aromatic rings. The molecule has 0 bridgehead atoms. The van der Waals surface area contributed by atoms with E-state index >= 15 is 0 Å². The number of H-pyrrole nitrogens is 1. The number of carboxylic acids is 1. The molecule has 4 rings (SSSR count). The number of nitrogens with one attached hydrogen (secondary N) is 1. The lowest BCUT2D eigenvalue weighted by Gasteiger charge is -2.14. The van der Waals surface area contributed by atoms with Crippen LogP contribution in [0.2, 0.25) is 0 Å². The first-order valence-electron chi connectivity index (χ1n) is 8.35. The van der Waals surface area contributed by atoms with Crippen molar-refractivity contribution in [3.63, 3.8) is 0 Å². The molecule has 1 aliphatic carbocycles. The number of rotatable bonds is 4. The molecule has 3 aromatic heterocycles. The van der Waals surface area contributed by atoms with Gasteiger partial charge in [0.25, 0.3) is 11.5 Å². The molecule has 7 nitrogen and oxygen atoms in total. The van der Waals surface area contributed by atoms with Crippen LogP contribution in [0.15, 0.2) is 28.6 Å². The molecular weight excluding hydrogens is 354 g/mol. The van der Waals surface area contributed by atoms with Crippen LogP contribution >= 0.6 is 11.3 Å². The van der Waals surface area contributed by atoms with E-state index in [9.17, 15) is 19.5 Å². The Balaban J connectivity index is 2.04. The van der Waals surface area contributed by atoms with Crippen LogP contribution in [0.1, 0.15) is 51.8 Å². The van der Waals surface area contributed by atoms with Gasteiger partial charge in [-0.2, -0.15) is 0 Å². The van der Waals surface area contributed by atoms with Gasteiger partial charge in [0.15, 0.2) is 0 Å². The third-order valence-electron chi connectivity index (χ3n) is 4.96. The number of carboxylic acid groups (broad SMARTS) is 1. The number of primary amides is 1. The Kier molecular flexibility index (Phi) is 3.91. The topological polar surface area (TPSA) is 118 Å². The minimum Gasteiger partial charge on any atom is -0.478 e. The average molecular weight is 371 g/mol. The highest BCUT2D eigenvalue weighted by Gasteiger charge is 2.26. The molecule has 0 radical (unpaired) electrons. The van der Waals surface area contributed by atoms with Gasteiger partial charge in [-0.25, -0.2) is 4.79 Å². The number of nitrogens with zero attached hydrogens (tertiary/aromatic N) is 1. The SMILES string of the molecule is NC(=O)c1cc(-c2cn(C3CCCC3)c3c(C(=O)O)c[nH]c(=O)c23)cs1. The van der Waals surface area contributed by atoms with E-state index in [-0.39, 0.29) is 17.2 Å². The van der Waals surface area contributed by atoms with Crippen LogP contribution in [-0.4, -0.2) is 26.5 Å². The van der Waals surface area contributed by atoms with Gasteiger partial charge in [0.05, 0.1) is 15.8 Å². The summed E-state index contributed by atoms with van der Waals surface area (Å²) in [6.07, 6.45) is 7.15. The van der Waals surface area contributed by atoms with Gasteiger partial charge in [-0.05, 0) is 29.9 Å². The number of aromatic nitrogens is 2. The van der Waals surface area contributed by atoms with E-state index in [4.69, 9.17) is 5.73 Å². The molecule has 1 saturated carbocycles. The maximum Gasteiger partial charge on any atom is 0.339 e. The molecule has 4 N–H and O–H groups in total. The lowest BCUT2D eigenvalue weighted by Crippen LogP contribution is -2.13. The molecule has 8 heteroatoms. The summed E-state index contributed by atoms with van der Waals surface area (Å²) in [5, 5.41) is 11.7. The van der Waals surface area contributed by atoms with Gasteiger partial charge >= 0.3 is 5.97 Å². The lowest BCUT2D eigenvalue weighted by atomic mass is 10.1. The van der Waals surface area contributed by atoms with Crippen molar-refractivity contribution in [1.82, 2.24) is 9.55 Å². The zero-order valence-corrected chi connectivity index (χ0v) is 14.6. The normalized spacial score (nSPS) is 14.9. The second-order valence-corrected chi connectivity index (χ2v) is 7.42. The summed E-state index contributed by atoms with van der Waals surface area (Å²) >= 11 is 1.21. The highest BCUT2D eigenvalue weighted by Crippen LogP contribution is 2.38. The number of carbonyl (C=O) groups excluding carboxylic acids is 1. The molecule has 26 heavy (non-hydrogen) atoms. The zero-order valence-electron chi connectivity index (χ0n) is 13.8. The fraction of sp³-hybridized carbons (Fsp3) is 0.278. The van der Waals surface area contributed by atoms with E-state index < -0.39 is 11.9 Å². The van der Waals surface area contributed by atoms with Crippen molar-refractivity contribution < 1.29 is 14.7 Å². The molecule has 0 aliphatic heterocycles. The summed E-state index contributed by atoms with van der Waals surface area (Å²) in [5.74, 6) is -1.61. The molecule has 0 spiro atoms. The van der Waals surface area contributed by atoms with Crippen LogP contribution in [0, 0.1) is 0 Å². The van der Waals surface area contributed by atoms with Crippen molar-refractivity contribution in [2.75, 3.05) is 0 Å². The molecule has 1 aliphatic rings. The molecule has 0 atom stereocenters. The summed E-state index contributed by atoms with van der Waals surface area (Å²) in [6.45, 7) is 0. The first-order valence-corrected chi connectivity index (χ1v) is 9.23. The summed E-state index contributed by atoms with van der Waals surface area (Å²) in [5.41, 5.74) is 6.82. The van der Waals surface area contributed by atoms with Gasteiger partial charge in [-0.15, -0.1) is 11.3 Å². The van der Waals surface area contributed by atoms with Crippen LogP contribution in [-0.2, 0) is 0 Å². The Morgan fingerprint density at radius 2 is 2.04 bits per heavy atom. The third kappa shape index (κ3) is 2.53. The number of aromatic carboxylic acids is 1. The number of amides is 1. The van der Waals surface area contributed by atoms with Gasteiger partial charge < -0.3 is 20.4 Å². The van der Waals surface area contributed by atoms with Gasteiger partial charge in [-0.3, -0.25) is 9.59 Å². The molecule has 1 amide bonds. The minimum absolute atomic E-state index is 0.0723. The van der Waals surface area contributed by atoms with Crippen LogP contribution < -0.4 is 11.3 Å². The molecule has 3 heterocycles. The Labute approximate surface area is 152 Å². The molecule has 0 saturated heterocycles. The summed E-state index contributed by atoms with van der Waals surface area (Å²) in [7, 11) is 0. The van der Waals surface area contributed by atoms with E-state index in [1.165, 1.54) is 17.5 Å². The van der Waals surface area contributed by atoms with E-state index in [2.05, 4.69) is 4.98 Å². The number of aromatic amines is 1. The predicted molar refractivity (Wildman–Crippen MR) is 98.9 cm³/mol. The monoisotopic (exact) mass is 371 g/mol. The minimum atomic E-state index is -1.08. The fourth-order valence-corrected chi connectivity index (χ4v) is 4.53. The number of hydrogen-bond donors (Lipinski definition) is 3. The quantitative estimate of drug-likeness (QED) is 0.653. The molecule has 0 aromatic carbocycles. The average Bonchev–Trinajstić information content (AvgIpc) is 3.33. The second-order valence-electron chi connectivity index (χ2n) is 6.51. The van der Waals surface area contributed by atoms with Crippen LogP contribution in [0.25, 0.3) is 22.0 Å². The van der Waals surface area contributed by atoms with Crippen molar-refractivity contribution in [2.45, 2.75) is 31.7 Å². The first kappa shape index (κ1) is 16.6. The van der Waals surface area contributed by atoms with Crippen molar-refractivity contribution in [2.24, 2.45) is 5.73 Å². The number of pyridine rings is 1. The second kappa shape index (κ2) is 6.14. The zero-order chi connectivity index (χ0) is 18.4. The highest BCUT2D eigenvalue weighted by molar-refractivity contribution is 7.12. The van der Waals surface area contributed by atoms with Crippen molar-refractivity contribution in [1.29, 1.82) is 0 Å². The maximum absolute atomic E-state index is 12.6. The smallest absolute Gasteiger partial charge is 0.339 e. The number of nitrogens with two attached hydrogens (primary N) is 1. The van der Waals surface area contributed by atoms with Crippen LogP contribution in [0.4, 0.5) is 0 Å². The summed E-state index contributed by atoms with van der Waals surface area (Å²) in [4.78, 5) is 38.6. The molecule has 134 valence electrons. The standard InChI is InChI=1S/C18H17N3O4S/c19-16(22)13-5-9(8-26-13)12-7-21(10-3-1-2-4-10)15-11(18(24)25)6-20-17(23)14(12)15/h5-8,10H,1-4H2,(H2,19,22)(H,20,23)(H,24,25). The number of fused-ring (bicyclic) bond motifs is 1. The fourth-order valence-electron chi connectivity index (χ4n) is 3.77. The largest absolute Gasteiger partial charge is 0.478 e. The van der Waals surface area contributed by atoms with E-state index in [0.29, 0.717) is 26.9 Å². The van der Waals surface area contributed by atoms with Crippen molar-refractivity contribution in [3.05, 3.63) is 44.6 Å². The van der Waals surface area contributed by atoms with Crippen molar-refractivity contribution >= 4 is 34.1 Å². The number of carbonyl (C=O) groups is 2. The Morgan fingerprint density at radius 1 is 1.31 bits per heavy atom. The number of thiophene rings is 1. The Morgan fingerprint density at radius 3 is 2.65 bits per heavy atom. The van der Waals surface area contributed by atoms with Gasteiger partial charge in [-0.1, -0.05) is 12.8 Å². The molecule has 0 unspecified atom stereocenters. The van der Waals surface area contributed by atoms with E-state index in [1.807, 2.05) is 10.8 Å². The third-order valence-corrected chi connectivity index (χ3v) is 5.91. The van der Waals surface area contributed by atoms with Gasteiger partial charge in [0.2, 0.25) is 0 Å². The molecule has 1 fully saturated rings. The first-order chi connectivity index (χ1) is 12.5.